The Bertz CT molecular complexity index is 851. The molecule has 1 saturated heterocycles. The number of hydrogen-bond donors (Lipinski definition) is 2. The van der Waals surface area contributed by atoms with Crippen LogP contribution in [0.15, 0.2) is 23.1 Å². The molecule has 156 valence electrons. The lowest BCUT2D eigenvalue weighted by Crippen LogP contribution is -2.45. The molecule has 2 N–H and O–H groups in total. The molecule has 9 heteroatoms. The van der Waals surface area contributed by atoms with Gasteiger partial charge in [-0.25, -0.2) is 12.7 Å². The number of carbonyl (C=O) groups excluding carboxylic acids is 2. The average molecular weight is 412 g/mol. The number of amides is 2. The Morgan fingerprint density at radius 1 is 1.18 bits per heavy atom. The summed E-state index contributed by atoms with van der Waals surface area (Å²) in [6.07, 6.45) is 1.04. The van der Waals surface area contributed by atoms with Crippen molar-refractivity contribution < 1.29 is 23.1 Å². The fraction of sp³-hybridized carbons (Fsp3) is 0.579. The van der Waals surface area contributed by atoms with Crippen LogP contribution >= 0.6 is 0 Å². The van der Waals surface area contributed by atoms with E-state index in [2.05, 4.69) is 5.32 Å². The predicted octanol–water partition coefficient (Wildman–Crippen LogP) is 1.87. The zero-order chi connectivity index (χ0) is 21.3. The van der Waals surface area contributed by atoms with Gasteiger partial charge in [0.05, 0.1) is 10.6 Å². The highest BCUT2D eigenvalue weighted by atomic mass is 32.2. The van der Waals surface area contributed by atoms with Gasteiger partial charge in [0.15, 0.2) is 0 Å². The van der Waals surface area contributed by atoms with Gasteiger partial charge in [-0.15, -0.1) is 0 Å². The molecule has 0 atom stereocenters. The maximum atomic E-state index is 12.6. The lowest BCUT2D eigenvalue weighted by atomic mass is 9.90. The minimum atomic E-state index is -3.68. The second kappa shape index (κ2) is 8.08. The lowest BCUT2D eigenvalue weighted by molar-refractivity contribution is -0.142. The van der Waals surface area contributed by atoms with Crippen molar-refractivity contribution >= 4 is 27.5 Å². The molecular weight excluding hydrogens is 382 g/mol. The molecule has 0 spiro atoms. The highest BCUT2D eigenvalue weighted by molar-refractivity contribution is 7.89. The largest absolute Gasteiger partial charge is 0.506 e. The van der Waals surface area contributed by atoms with Crippen LogP contribution < -0.4 is 5.32 Å². The normalized spacial score (nSPS) is 16.3. The topological polar surface area (TPSA) is 107 Å². The molecule has 2 amide bonds. The van der Waals surface area contributed by atoms with E-state index in [9.17, 15) is 23.1 Å². The lowest BCUT2D eigenvalue weighted by Gasteiger charge is -2.35. The third kappa shape index (κ3) is 4.82. The van der Waals surface area contributed by atoms with Crippen LogP contribution in [0.4, 0.5) is 5.69 Å². The molecule has 28 heavy (non-hydrogen) atoms. The summed E-state index contributed by atoms with van der Waals surface area (Å²) < 4.78 is 25.6. The summed E-state index contributed by atoms with van der Waals surface area (Å²) in [5.41, 5.74) is -0.402. The van der Waals surface area contributed by atoms with E-state index in [0.29, 0.717) is 25.9 Å². The van der Waals surface area contributed by atoms with Gasteiger partial charge >= 0.3 is 0 Å². The van der Waals surface area contributed by atoms with E-state index >= 15 is 0 Å². The third-order valence-corrected chi connectivity index (χ3v) is 6.61. The van der Waals surface area contributed by atoms with Crippen molar-refractivity contribution in [1.29, 1.82) is 0 Å². The van der Waals surface area contributed by atoms with E-state index in [0.717, 1.165) is 4.31 Å². The molecular formula is C19H29N3O5S. The molecule has 1 heterocycles. The molecule has 0 aromatic heterocycles. The number of phenolic OH excluding ortho intramolecular Hbond substituents is 1. The van der Waals surface area contributed by atoms with Crippen LogP contribution in [0, 0.1) is 11.3 Å². The van der Waals surface area contributed by atoms with E-state index in [4.69, 9.17) is 0 Å². The minimum Gasteiger partial charge on any atom is -0.506 e. The second-order valence-electron chi connectivity index (χ2n) is 8.27. The van der Waals surface area contributed by atoms with E-state index in [-0.39, 0.29) is 34.1 Å². The summed E-state index contributed by atoms with van der Waals surface area (Å²) in [6, 6.07) is 3.79. The first-order valence-electron chi connectivity index (χ1n) is 9.20. The molecule has 1 aromatic carbocycles. The first-order chi connectivity index (χ1) is 12.8. The van der Waals surface area contributed by atoms with Gasteiger partial charge in [0.25, 0.3) is 0 Å². The van der Waals surface area contributed by atoms with Gasteiger partial charge in [-0.05, 0) is 31.0 Å². The number of likely N-dealkylation sites (tertiary alicyclic amines) is 1. The summed E-state index contributed by atoms with van der Waals surface area (Å²) in [4.78, 5) is 26.7. The zero-order valence-electron chi connectivity index (χ0n) is 17.0. The smallest absolute Gasteiger partial charge is 0.242 e. The molecule has 1 fully saturated rings. The number of nitrogens with one attached hydrogen (secondary N) is 1. The molecule has 1 aromatic rings. The number of nitrogens with zero attached hydrogens (tertiary/aromatic N) is 2. The summed E-state index contributed by atoms with van der Waals surface area (Å²) in [7, 11) is -0.861. The van der Waals surface area contributed by atoms with Crippen molar-refractivity contribution in [3.8, 4) is 5.75 Å². The first kappa shape index (κ1) is 22.2. The van der Waals surface area contributed by atoms with Crippen molar-refractivity contribution in [3.05, 3.63) is 18.2 Å². The number of sulfonamides is 1. The van der Waals surface area contributed by atoms with Gasteiger partial charge in [-0.3, -0.25) is 9.59 Å². The van der Waals surface area contributed by atoms with E-state index < -0.39 is 15.4 Å². The second-order valence-corrected chi connectivity index (χ2v) is 10.4. The first-order valence-corrected chi connectivity index (χ1v) is 10.6. The number of benzene rings is 1. The summed E-state index contributed by atoms with van der Waals surface area (Å²) in [5.74, 6) is -0.743. The molecule has 0 unspecified atom stereocenters. The Balaban J connectivity index is 2.07. The number of rotatable bonds is 4. The standard InChI is InChI=1S/C19H29N3O5S/c1-19(2,3)18(25)22-10-8-13(9-11-22)17(24)20-15-12-14(6-7-16(15)23)28(26,27)21(4)5/h6-7,12-13,23H,8-11H2,1-5H3,(H,20,24). The number of piperidine rings is 1. The minimum absolute atomic E-state index is 0.0174. The maximum Gasteiger partial charge on any atom is 0.242 e. The van der Waals surface area contributed by atoms with E-state index in [1.165, 1.54) is 32.3 Å². The van der Waals surface area contributed by atoms with Crippen LogP contribution in [-0.2, 0) is 19.6 Å². The van der Waals surface area contributed by atoms with Crippen LogP contribution in [0.3, 0.4) is 0 Å². The van der Waals surface area contributed by atoms with Crippen LogP contribution in [0.1, 0.15) is 33.6 Å². The van der Waals surface area contributed by atoms with E-state index in [1.807, 2.05) is 20.8 Å². The number of hydrogen-bond acceptors (Lipinski definition) is 5. The highest BCUT2D eigenvalue weighted by Gasteiger charge is 2.32. The van der Waals surface area contributed by atoms with Crippen molar-refractivity contribution in [3.63, 3.8) is 0 Å². The van der Waals surface area contributed by atoms with Gasteiger partial charge in [-0.1, -0.05) is 20.8 Å². The number of carbonyl (C=O) groups is 2. The molecule has 0 saturated carbocycles. The van der Waals surface area contributed by atoms with Gasteiger partial charge < -0.3 is 15.3 Å². The zero-order valence-corrected chi connectivity index (χ0v) is 17.8. The number of aromatic hydroxyl groups is 1. The molecule has 2 rings (SSSR count). The Hall–Kier alpha value is -2.13. The van der Waals surface area contributed by atoms with Crippen LogP contribution in [0.5, 0.6) is 5.75 Å². The van der Waals surface area contributed by atoms with Gasteiger partial charge in [0.1, 0.15) is 5.75 Å². The molecule has 0 radical (unpaired) electrons. The molecule has 8 nitrogen and oxygen atoms in total. The Morgan fingerprint density at radius 2 is 1.75 bits per heavy atom. The summed E-state index contributed by atoms with van der Waals surface area (Å²) in [6.45, 7) is 6.59. The van der Waals surface area contributed by atoms with Crippen LogP contribution in [0.25, 0.3) is 0 Å². The monoisotopic (exact) mass is 411 g/mol. The highest BCUT2D eigenvalue weighted by Crippen LogP contribution is 2.29. The van der Waals surface area contributed by atoms with Crippen LogP contribution in [0.2, 0.25) is 0 Å². The predicted molar refractivity (Wildman–Crippen MR) is 106 cm³/mol. The quantitative estimate of drug-likeness (QED) is 0.736. The third-order valence-electron chi connectivity index (χ3n) is 4.80. The molecule has 1 aliphatic rings. The molecule has 1 aliphatic heterocycles. The fourth-order valence-corrected chi connectivity index (χ4v) is 3.97. The summed E-state index contributed by atoms with van der Waals surface area (Å²) >= 11 is 0. The number of phenols is 1. The van der Waals surface area contributed by atoms with Gasteiger partial charge in [0, 0.05) is 38.5 Å². The fourth-order valence-electron chi connectivity index (χ4n) is 3.04. The summed E-state index contributed by atoms with van der Waals surface area (Å²) in [5, 5.41) is 12.6. The molecule has 0 bridgehead atoms. The number of anilines is 1. The SMILES string of the molecule is CN(C)S(=O)(=O)c1ccc(O)c(NC(=O)C2CCN(C(=O)C(C)(C)C)CC2)c1. The van der Waals surface area contributed by atoms with Crippen molar-refractivity contribution in [2.24, 2.45) is 11.3 Å². The van der Waals surface area contributed by atoms with E-state index in [1.54, 1.807) is 4.90 Å². The van der Waals surface area contributed by atoms with Gasteiger partial charge in [0.2, 0.25) is 21.8 Å². The Kier molecular flexibility index (Phi) is 6.40. The van der Waals surface area contributed by atoms with Gasteiger partial charge in [-0.2, -0.15) is 0 Å². The average Bonchev–Trinajstić information content (AvgIpc) is 2.61. The van der Waals surface area contributed by atoms with Crippen molar-refractivity contribution in [2.75, 3.05) is 32.5 Å². The Labute approximate surface area is 166 Å². The van der Waals surface area contributed by atoms with Crippen LogP contribution in [-0.4, -0.2) is 61.7 Å². The van der Waals surface area contributed by atoms with Crippen molar-refractivity contribution in [2.45, 2.75) is 38.5 Å². The van der Waals surface area contributed by atoms with Crippen molar-refractivity contribution in [1.82, 2.24) is 9.21 Å². The Morgan fingerprint density at radius 3 is 2.25 bits per heavy atom. The maximum absolute atomic E-state index is 12.6. The molecule has 0 aliphatic carbocycles.